The molecule has 0 aromatic carbocycles. The molecule has 1 aromatic rings. The number of hydrogen-bond donors (Lipinski definition) is 2. The van der Waals surface area contributed by atoms with Gasteiger partial charge in [0.2, 0.25) is 0 Å². The van der Waals surface area contributed by atoms with Crippen molar-refractivity contribution in [3.05, 3.63) is 23.6 Å². The molecule has 2 unspecified atom stereocenters. The summed E-state index contributed by atoms with van der Waals surface area (Å²) in [5.74, 6) is -0.481. The molecule has 1 aliphatic carbocycles. The predicted molar refractivity (Wildman–Crippen MR) is 78.8 cm³/mol. The van der Waals surface area contributed by atoms with Crippen molar-refractivity contribution in [2.75, 3.05) is 19.0 Å². The molecule has 21 heavy (non-hydrogen) atoms. The lowest BCUT2D eigenvalue weighted by molar-refractivity contribution is -0.111. The summed E-state index contributed by atoms with van der Waals surface area (Å²) in [6.45, 7) is 6.74. The predicted octanol–water partition coefficient (Wildman–Crippen LogP) is 2.20. The molecule has 1 aromatic heterocycles. The lowest BCUT2D eigenvalue weighted by atomic mass is 9.64. The molecule has 116 valence electrons. The number of pyridine rings is 1. The van der Waals surface area contributed by atoms with Gasteiger partial charge in [-0.1, -0.05) is 13.8 Å². The second-order valence-corrected chi connectivity index (χ2v) is 5.83. The zero-order chi connectivity index (χ0) is 15.6. The van der Waals surface area contributed by atoms with Crippen LogP contribution >= 0.6 is 0 Å². The van der Waals surface area contributed by atoms with Gasteiger partial charge in [-0.2, -0.15) is 0 Å². The highest BCUT2D eigenvalue weighted by Gasteiger charge is 2.49. The van der Waals surface area contributed by atoms with Crippen molar-refractivity contribution in [3.8, 4) is 0 Å². The summed E-state index contributed by atoms with van der Waals surface area (Å²) in [5, 5.41) is 5.75. The molecule has 1 aliphatic rings. The van der Waals surface area contributed by atoms with Crippen molar-refractivity contribution in [3.63, 3.8) is 0 Å². The van der Waals surface area contributed by atoms with E-state index in [2.05, 4.69) is 29.5 Å². The van der Waals surface area contributed by atoms with Crippen LogP contribution in [0.4, 0.5) is 10.2 Å². The summed E-state index contributed by atoms with van der Waals surface area (Å²) in [4.78, 5) is 16.2. The van der Waals surface area contributed by atoms with Gasteiger partial charge in [0.25, 0.3) is 5.91 Å². The molecule has 2 rings (SSSR count). The van der Waals surface area contributed by atoms with Crippen LogP contribution in [-0.2, 0) is 4.74 Å². The average Bonchev–Trinajstić information content (AvgIpc) is 2.46. The highest BCUT2D eigenvalue weighted by atomic mass is 19.1. The summed E-state index contributed by atoms with van der Waals surface area (Å²) >= 11 is 0. The Hall–Kier alpha value is -1.69. The maximum Gasteiger partial charge on any atom is 0.255 e. The molecule has 0 bridgehead atoms. The van der Waals surface area contributed by atoms with Gasteiger partial charge in [-0.3, -0.25) is 4.79 Å². The van der Waals surface area contributed by atoms with E-state index in [0.29, 0.717) is 12.4 Å². The molecule has 6 heteroatoms. The second-order valence-electron chi connectivity index (χ2n) is 5.83. The average molecular weight is 295 g/mol. The normalized spacial score (nSPS) is 23.3. The molecule has 5 nitrogen and oxygen atoms in total. The van der Waals surface area contributed by atoms with E-state index in [1.54, 1.807) is 7.05 Å². The zero-order valence-electron chi connectivity index (χ0n) is 12.9. The second kappa shape index (κ2) is 5.97. The Bertz CT molecular complexity index is 534. The Kier molecular flexibility index (Phi) is 4.46. The number of nitrogens with zero attached hydrogens (tertiary/aromatic N) is 1. The minimum Gasteiger partial charge on any atom is -0.378 e. The van der Waals surface area contributed by atoms with Crippen LogP contribution in [0.1, 0.15) is 37.6 Å². The van der Waals surface area contributed by atoms with Gasteiger partial charge < -0.3 is 15.4 Å². The Morgan fingerprint density at radius 2 is 2.29 bits per heavy atom. The maximum atomic E-state index is 13.3. The van der Waals surface area contributed by atoms with E-state index in [4.69, 9.17) is 4.74 Å². The third-order valence-corrected chi connectivity index (χ3v) is 4.19. The molecule has 0 radical (unpaired) electrons. The fourth-order valence-corrected chi connectivity index (χ4v) is 2.66. The number of carbonyl (C=O) groups excluding carboxylic acids is 1. The van der Waals surface area contributed by atoms with E-state index in [1.807, 2.05) is 6.92 Å². The standard InChI is InChI=1S/C15H22FN3O2/c1-5-21-12-7-11(15(12,2)3)19-14(20)10-6-9(16)8-18-13(10)17-4/h6,8,11-12H,5,7H2,1-4H3,(H,17,18)(H,19,20). The molecule has 1 fully saturated rings. The smallest absolute Gasteiger partial charge is 0.255 e. The topological polar surface area (TPSA) is 63.2 Å². The summed E-state index contributed by atoms with van der Waals surface area (Å²) in [6.07, 6.45) is 1.99. The number of halogens is 1. The van der Waals surface area contributed by atoms with Crippen LogP contribution in [0.3, 0.4) is 0 Å². The first-order chi connectivity index (χ1) is 9.90. The summed E-state index contributed by atoms with van der Waals surface area (Å²) in [5.41, 5.74) is 0.0832. The number of ether oxygens (including phenoxy) is 1. The van der Waals surface area contributed by atoms with Gasteiger partial charge in [0, 0.05) is 25.1 Å². The quantitative estimate of drug-likeness (QED) is 0.874. The van der Waals surface area contributed by atoms with Crippen LogP contribution in [0.5, 0.6) is 0 Å². The van der Waals surface area contributed by atoms with Gasteiger partial charge in [0.1, 0.15) is 11.6 Å². The number of amides is 1. The largest absolute Gasteiger partial charge is 0.378 e. The van der Waals surface area contributed by atoms with E-state index < -0.39 is 5.82 Å². The van der Waals surface area contributed by atoms with Crippen LogP contribution in [0.2, 0.25) is 0 Å². The number of carbonyl (C=O) groups is 1. The van der Waals surface area contributed by atoms with Crippen LogP contribution in [0.15, 0.2) is 12.3 Å². The molecule has 0 spiro atoms. The number of rotatable bonds is 5. The number of anilines is 1. The SMILES string of the molecule is CCOC1CC(NC(=O)c2cc(F)cnc2NC)C1(C)C. The first-order valence-corrected chi connectivity index (χ1v) is 7.15. The first kappa shape index (κ1) is 15.7. The minimum absolute atomic E-state index is 0.00882. The summed E-state index contributed by atoms with van der Waals surface area (Å²) < 4.78 is 18.9. The maximum absolute atomic E-state index is 13.3. The zero-order valence-corrected chi connectivity index (χ0v) is 12.9. The van der Waals surface area contributed by atoms with Crippen LogP contribution in [-0.4, -0.2) is 36.7 Å². The minimum atomic E-state index is -0.529. The highest BCUT2D eigenvalue weighted by molar-refractivity contribution is 5.99. The van der Waals surface area contributed by atoms with E-state index in [0.717, 1.165) is 12.6 Å². The Morgan fingerprint density at radius 1 is 1.57 bits per heavy atom. The molecule has 2 N–H and O–H groups in total. The lowest BCUT2D eigenvalue weighted by Crippen LogP contribution is -2.62. The third-order valence-electron chi connectivity index (χ3n) is 4.19. The van der Waals surface area contributed by atoms with Crippen molar-refractivity contribution < 1.29 is 13.9 Å². The molecule has 0 aliphatic heterocycles. The van der Waals surface area contributed by atoms with Gasteiger partial charge in [0.15, 0.2) is 0 Å². The summed E-state index contributed by atoms with van der Waals surface area (Å²) in [7, 11) is 1.65. The molecular formula is C15H22FN3O2. The fraction of sp³-hybridized carbons (Fsp3) is 0.600. The van der Waals surface area contributed by atoms with Crippen LogP contribution in [0.25, 0.3) is 0 Å². The van der Waals surface area contributed by atoms with Gasteiger partial charge in [0.05, 0.1) is 17.9 Å². The number of hydrogen-bond acceptors (Lipinski definition) is 4. The number of nitrogens with one attached hydrogen (secondary N) is 2. The molecule has 1 saturated carbocycles. The van der Waals surface area contributed by atoms with Gasteiger partial charge in [-0.15, -0.1) is 0 Å². The monoisotopic (exact) mass is 295 g/mol. The third kappa shape index (κ3) is 3.00. The van der Waals surface area contributed by atoms with Crippen molar-refractivity contribution in [2.24, 2.45) is 5.41 Å². The highest BCUT2D eigenvalue weighted by Crippen LogP contribution is 2.42. The molecular weight excluding hydrogens is 273 g/mol. The van der Waals surface area contributed by atoms with Crippen LogP contribution in [0, 0.1) is 11.2 Å². The Morgan fingerprint density at radius 3 is 2.86 bits per heavy atom. The molecule has 0 saturated heterocycles. The molecule has 2 atom stereocenters. The van der Waals surface area contributed by atoms with Gasteiger partial charge in [-0.05, 0) is 19.4 Å². The van der Waals surface area contributed by atoms with Crippen molar-refractivity contribution in [2.45, 2.75) is 39.3 Å². The first-order valence-electron chi connectivity index (χ1n) is 7.15. The van der Waals surface area contributed by atoms with Crippen molar-refractivity contribution in [1.82, 2.24) is 10.3 Å². The summed E-state index contributed by atoms with van der Waals surface area (Å²) in [6, 6.07) is 1.20. The van der Waals surface area contributed by atoms with E-state index in [-0.39, 0.29) is 29.0 Å². The Labute approximate surface area is 124 Å². The van der Waals surface area contributed by atoms with E-state index in [1.165, 1.54) is 6.07 Å². The molecule has 1 heterocycles. The van der Waals surface area contributed by atoms with Crippen molar-refractivity contribution in [1.29, 1.82) is 0 Å². The van der Waals surface area contributed by atoms with Crippen LogP contribution < -0.4 is 10.6 Å². The molecule has 1 amide bonds. The Balaban J connectivity index is 2.08. The van der Waals surface area contributed by atoms with Gasteiger partial charge in [-0.25, -0.2) is 9.37 Å². The van der Waals surface area contributed by atoms with E-state index in [9.17, 15) is 9.18 Å². The number of aromatic nitrogens is 1. The van der Waals surface area contributed by atoms with Crippen molar-refractivity contribution >= 4 is 11.7 Å². The fourth-order valence-electron chi connectivity index (χ4n) is 2.66. The lowest BCUT2D eigenvalue weighted by Gasteiger charge is -2.51. The van der Waals surface area contributed by atoms with Gasteiger partial charge >= 0.3 is 0 Å². The van der Waals surface area contributed by atoms with E-state index >= 15 is 0 Å².